The fraction of sp³-hybridized carbons (Fsp3) is 0.333. The van der Waals surface area contributed by atoms with Crippen molar-refractivity contribution in [2.45, 2.75) is 18.9 Å². The fourth-order valence-electron chi connectivity index (χ4n) is 2.98. The van der Waals surface area contributed by atoms with Gasteiger partial charge in [-0.05, 0) is 36.4 Å². The highest BCUT2D eigenvalue weighted by molar-refractivity contribution is 7.12. The number of rotatable bonds is 4. The zero-order valence-corrected chi connectivity index (χ0v) is 16.5. The van der Waals surface area contributed by atoms with Crippen LogP contribution in [0.3, 0.4) is 0 Å². The van der Waals surface area contributed by atoms with Crippen molar-refractivity contribution in [2.75, 3.05) is 20.2 Å². The molecule has 2 aromatic rings. The van der Waals surface area contributed by atoms with Crippen LogP contribution in [0, 0.1) is 0 Å². The summed E-state index contributed by atoms with van der Waals surface area (Å²) in [5, 5.41) is 5.48. The van der Waals surface area contributed by atoms with E-state index in [4.69, 9.17) is 27.9 Å². The van der Waals surface area contributed by atoms with E-state index in [1.54, 1.807) is 12.1 Å². The molecule has 1 N–H and O–H groups in total. The van der Waals surface area contributed by atoms with Crippen LogP contribution in [0.4, 0.5) is 0 Å². The summed E-state index contributed by atoms with van der Waals surface area (Å²) in [6, 6.07) is 6.83. The van der Waals surface area contributed by atoms with E-state index < -0.39 is 0 Å². The predicted molar refractivity (Wildman–Crippen MR) is 104 cm³/mol. The number of piperidine rings is 1. The minimum Gasteiger partial charge on any atom is -0.494 e. The molecule has 0 aliphatic carbocycles. The number of hydrogen-bond donors (Lipinski definition) is 1. The first kappa shape index (κ1) is 19.0. The second kappa shape index (κ2) is 8.29. The van der Waals surface area contributed by atoms with Crippen LogP contribution in [0.25, 0.3) is 0 Å². The van der Waals surface area contributed by atoms with Crippen molar-refractivity contribution in [3.63, 3.8) is 0 Å². The third kappa shape index (κ3) is 3.98. The molecule has 26 heavy (non-hydrogen) atoms. The molecule has 1 aliphatic rings. The van der Waals surface area contributed by atoms with Gasteiger partial charge in [-0.1, -0.05) is 29.3 Å². The van der Waals surface area contributed by atoms with Crippen molar-refractivity contribution in [3.8, 4) is 5.75 Å². The number of carbonyl (C=O) groups excluding carboxylic acids is 2. The Kier molecular flexibility index (Phi) is 6.06. The van der Waals surface area contributed by atoms with Crippen LogP contribution in [0.2, 0.25) is 10.0 Å². The SMILES string of the molecule is COc1c(Cl)ccc(Cl)c1C(=O)NC1CCN(C(=O)c2cccs2)CC1. The molecule has 1 fully saturated rings. The average molecular weight is 413 g/mol. The summed E-state index contributed by atoms with van der Waals surface area (Å²) in [7, 11) is 1.45. The van der Waals surface area contributed by atoms with Crippen LogP contribution in [0.5, 0.6) is 5.75 Å². The monoisotopic (exact) mass is 412 g/mol. The Morgan fingerprint density at radius 2 is 1.88 bits per heavy atom. The predicted octanol–water partition coefficient (Wildman–Crippen LogP) is 4.10. The van der Waals surface area contributed by atoms with Crippen molar-refractivity contribution in [1.82, 2.24) is 10.2 Å². The van der Waals surface area contributed by atoms with E-state index in [9.17, 15) is 9.59 Å². The third-order valence-electron chi connectivity index (χ3n) is 4.34. The second-order valence-electron chi connectivity index (χ2n) is 5.95. The van der Waals surface area contributed by atoms with Gasteiger partial charge in [0.1, 0.15) is 5.56 Å². The highest BCUT2D eigenvalue weighted by Gasteiger charge is 2.27. The molecule has 0 spiro atoms. The molecule has 0 bridgehead atoms. The topological polar surface area (TPSA) is 58.6 Å². The number of ether oxygens (including phenoxy) is 1. The molecule has 3 rings (SSSR count). The zero-order chi connectivity index (χ0) is 18.7. The van der Waals surface area contributed by atoms with E-state index in [2.05, 4.69) is 5.32 Å². The number of methoxy groups -OCH3 is 1. The first-order valence-corrected chi connectivity index (χ1v) is 9.80. The van der Waals surface area contributed by atoms with E-state index in [1.165, 1.54) is 18.4 Å². The summed E-state index contributed by atoms with van der Waals surface area (Å²) >= 11 is 13.7. The van der Waals surface area contributed by atoms with E-state index >= 15 is 0 Å². The molecule has 8 heteroatoms. The number of likely N-dealkylation sites (tertiary alicyclic amines) is 1. The van der Waals surface area contributed by atoms with Crippen molar-refractivity contribution in [3.05, 3.63) is 50.1 Å². The molecule has 0 unspecified atom stereocenters. The van der Waals surface area contributed by atoms with Crippen LogP contribution < -0.4 is 10.1 Å². The number of benzene rings is 1. The Balaban J connectivity index is 1.62. The summed E-state index contributed by atoms with van der Waals surface area (Å²) < 4.78 is 5.23. The highest BCUT2D eigenvalue weighted by Crippen LogP contribution is 2.34. The van der Waals surface area contributed by atoms with E-state index in [0.717, 1.165) is 4.88 Å². The number of nitrogens with one attached hydrogen (secondary N) is 1. The highest BCUT2D eigenvalue weighted by atomic mass is 35.5. The van der Waals surface area contributed by atoms with Gasteiger partial charge >= 0.3 is 0 Å². The maximum absolute atomic E-state index is 12.7. The maximum atomic E-state index is 12.7. The van der Waals surface area contributed by atoms with Gasteiger partial charge in [-0.2, -0.15) is 0 Å². The molecule has 5 nitrogen and oxygen atoms in total. The lowest BCUT2D eigenvalue weighted by molar-refractivity contribution is 0.0702. The number of amides is 2. The van der Waals surface area contributed by atoms with Crippen LogP contribution in [0.1, 0.15) is 32.9 Å². The first-order valence-electron chi connectivity index (χ1n) is 8.17. The van der Waals surface area contributed by atoms with Gasteiger partial charge in [0.25, 0.3) is 11.8 Å². The van der Waals surface area contributed by atoms with E-state index in [1.807, 2.05) is 22.4 Å². The standard InChI is InChI=1S/C18H18Cl2N2O3S/c1-25-16-13(20)5-4-12(19)15(16)17(23)21-11-6-8-22(9-7-11)18(24)14-3-2-10-26-14/h2-5,10-11H,6-9H2,1H3,(H,21,23). The van der Waals surface area contributed by atoms with Crippen LogP contribution in [-0.2, 0) is 0 Å². The normalized spacial score (nSPS) is 15.0. The van der Waals surface area contributed by atoms with Gasteiger partial charge in [-0.15, -0.1) is 11.3 Å². The number of nitrogens with zero attached hydrogens (tertiary/aromatic N) is 1. The van der Waals surface area contributed by atoms with Gasteiger partial charge in [0.05, 0.1) is 22.0 Å². The molecular formula is C18H18Cl2N2O3S. The second-order valence-corrected chi connectivity index (χ2v) is 7.72. The molecule has 2 amide bonds. The van der Waals surface area contributed by atoms with Gasteiger partial charge in [0.2, 0.25) is 0 Å². The maximum Gasteiger partial charge on any atom is 0.263 e. The first-order chi connectivity index (χ1) is 12.5. The smallest absolute Gasteiger partial charge is 0.263 e. The van der Waals surface area contributed by atoms with Crippen molar-refractivity contribution in [1.29, 1.82) is 0 Å². The quantitative estimate of drug-likeness (QED) is 0.821. The van der Waals surface area contributed by atoms with Crippen LogP contribution >= 0.6 is 34.5 Å². The molecular weight excluding hydrogens is 395 g/mol. The third-order valence-corrected chi connectivity index (χ3v) is 5.81. The van der Waals surface area contributed by atoms with E-state index in [-0.39, 0.29) is 34.2 Å². The van der Waals surface area contributed by atoms with Crippen molar-refractivity contribution < 1.29 is 14.3 Å². The van der Waals surface area contributed by atoms with Gasteiger partial charge in [-0.25, -0.2) is 0 Å². The molecule has 1 aromatic carbocycles. The molecule has 1 saturated heterocycles. The lowest BCUT2D eigenvalue weighted by atomic mass is 10.0. The Labute approximate surface area is 165 Å². The summed E-state index contributed by atoms with van der Waals surface area (Å²) in [6.45, 7) is 1.20. The van der Waals surface area contributed by atoms with Gasteiger partial charge in [0, 0.05) is 19.1 Å². The molecule has 138 valence electrons. The lowest BCUT2D eigenvalue weighted by Gasteiger charge is -2.32. The summed E-state index contributed by atoms with van der Waals surface area (Å²) in [4.78, 5) is 27.6. The number of carbonyl (C=O) groups is 2. The fourth-order valence-corrected chi connectivity index (χ4v) is 4.14. The molecule has 0 saturated carbocycles. The average Bonchev–Trinajstić information content (AvgIpc) is 3.18. The zero-order valence-electron chi connectivity index (χ0n) is 14.1. The van der Waals surface area contributed by atoms with Crippen LogP contribution in [0.15, 0.2) is 29.6 Å². The summed E-state index contributed by atoms with van der Waals surface area (Å²) in [5.41, 5.74) is 0.235. The van der Waals surface area contributed by atoms with E-state index in [0.29, 0.717) is 31.0 Å². The number of thiophene rings is 1. The lowest BCUT2D eigenvalue weighted by Crippen LogP contribution is -2.46. The largest absolute Gasteiger partial charge is 0.494 e. The molecule has 0 atom stereocenters. The molecule has 0 radical (unpaired) electrons. The van der Waals surface area contributed by atoms with Crippen LogP contribution in [-0.4, -0.2) is 43.0 Å². The van der Waals surface area contributed by atoms with Gasteiger partial charge in [-0.3, -0.25) is 9.59 Å². The minimum absolute atomic E-state index is 0.0327. The number of halogens is 2. The summed E-state index contributed by atoms with van der Waals surface area (Å²) in [6.07, 6.45) is 1.37. The number of hydrogen-bond acceptors (Lipinski definition) is 4. The Morgan fingerprint density at radius 1 is 1.19 bits per heavy atom. The molecule has 1 aromatic heterocycles. The Bertz CT molecular complexity index is 803. The van der Waals surface area contributed by atoms with Crippen molar-refractivity contribution in [2.24, 2.45) is 0 Å². The van der Waals surface area contributed by atoms with Crippen molar-refractivity contribution >= 4 is 46.4 Å². The van der Waals surface area contributed by atoms with Gasteiger partial charge < -0.3 is 15.0 Å². The molecule has 1 aliphatic heterocycles. The summed E-state index contributed by atoms with van der Waals surface area (Å²) in [5.74, 6) is -0.0105. The van der Waals surface area contributed by atoms with Gasteiger partial charge in [0.15, 0.2) is 5.75 Å². The Hall–Kier alpha value is -1.76. The minimum atomic E-state index is -0.322. The molecule has 2 heterocycles. The Morgan fingerprint density at radius 3 is 2.50 bits per heavy atom.